The minimum absolute atomic E-state index is 0. The summed E-state index contributed by atoms with van der Waals surface area (Å²) >= 11 is 0. The zero-order valence-electron chi connectivity index (χ0n) is 13.4. The first kappa shape index (κ1) is 28.9. The average Bonchev–Trinajstić information content (AvgIpc) is 2.57. The SMILES string of the molecule is C.C.C.CC(C)(c1ccc(N=C=O)cc1)c1ccc(N=C=O)cc1.OCO. The van der Waals surface area contributed by atoms with E-state index in [1.807, 2.05) is 24.3 Å². The third kappa shape index (κ3) is 8.36. The number of aliphatic hydroxyl groups excluding tert-OH is 1. The zero-order chi connectivity index (χ0) is 18.0. The van der Waals surface area contributed by atoms with E-state index in [-0.39, 0.29) is 27.7 Å². The third-order valence-corrected chi connectivity index (χ3v) is 3.53. The molecule has 0 aromatic heterocycles. The molecule has 0 saturated carbocycles. The molecule has 6 heteroatoms. The topological polar surface area (TPSA) is 99.3 Å². The summed E-state index contributed by atoms with van der Waals surface area (Å²) in [7, 11) is 0. The maximum Gasteiger partial charge on any atom is 0.240 e. The van der Waals surface area contributed by atoms with Crippen LogP contribution in [0.3, 0.4) is 0 Å². The number of aliphatic imine (C=N–C) groups is 2. The second-order valence-corrected chi connectivity index (χ2v) is 5.27. The number of rotatable bonds is 4. The Balaban J connectivity index is -0.000000900. The molecule has 148 valence electrons. The van der Waals surface area contributed by atoms with Gasteiger partial charge in [0.05, 0.1) is 11.4 Å². The second kappa shape index (κ2) is 14.3. The highest BCUT2D eigenvalue weighted by Gasteiger charge is 2.22. The first-order valence-corrected chi connectivity index (χ1v) is 7.08. The van der Waals surface area contributed by atoms with Crippen molar-refractivity contribution in [3.8, 4) is 0 Å². The van der Waals surface area contributed by atoms with Gasteiger partial charge in [0.15, 0.2) is 0 Å². The highest BCUT2D eigenvalue weighted by molar-refractivity contribution is 5.53. The van der Waals surface area contributed by atoms with Gasteiger partial charge in [-0.25, -0.2) is 9.59 Å². The predicted molar refractivity (Wildman–Crippen MR) is 110 cm³/mol. The van der Waals surface area contributed by atoms with Gasteiger partial charge in [-0.15, -0.1) is 0 Å². The number of hydrogen-bond donors (Lipinski definition) is 2. The fourth-order valence-electron chi connectivity index (χ4n) is 2.18. The Morgan fingerprint density at radius 1 is 0.741 bits per heavy atom. The second-order valence-electron chi connectivity index (χ2n) is 5.27. The van der Waals surface area contributed by atoms with E-state index in [4.69, 9.17) is 10.2 Å². The molecule has 0 unspecified atom stereocenters. The van der Waals surface area contributed by atoms with Crippen molar-refractivity contribution < 1.29 is 19.8 Å². The molecule has 0 heterocycles. The van der Waals surface area contributed by atoms with Crippen LogP contribution in [0.2, 0.25) is 0 Å². The standard InChI is InChI=1S/C17H14N2O2.CH4O2.3CH4/c1-17(2,13-3-7-15(8-4-13)18-11-20)14-5-9-16(10-6-14)19-12-21;2-1-3;;;/h3-10H,1-2H3;2-3H,1H2;3*1H4. The zero-order valence-corrected chi connectivity index (χ0v) is 13.4. The highest BCUT2D eigenvalue weighted by atomic mass is 16.5. The van der Waals surface area contributed by atoms with Crippen LogP contribution in [-0.2, 0) is 15.0 Å². The Morgan fingerprint density at radius 2 is 1.00 bits per heavy atom. The first-order valence-electron chi connectivity index (χ1n) is 7.08. The van der Waals surface area contributed by atoms with Crippen LogP contribution in [0.1, 0.15) is 47.3 Å². The van der Waals surface area contributed by atoms with Gasteiger partial charge in [-0.2, -0.15) is 9.98 Å². The summed E-state index contributed by atoms with van der Waals surface area (Å²) in [5.74, 6) is 0. The summed E-state index contributed by atoms with van der Waals surface area (Å²) in [6.45, 7) is 3.45. The van der Waals surface area contributed by atoms with Crippen LogP contribution in [0.5, 0.6) is 0 Å². The number of hydrogen-bond acceptors (Lipinski definition) is 6. The molecule has 6 nitrogen and oxygen atoms in total. The molecular weight excluding hydrogens is 344 g/mol. The van der Waals surface area contributed by atoms with Crippen LogP contribution in [-0.4, -0.2) is 29.2 Å². The van der Waals surface area contributed by atoms with Crippen LogP contribution in [0, 0.1) is 0 Å². The molecule has 2 rings (SSSR count). The molecule has 2 aromatic rings. The van der Waals surface area contributed by atoms with Crippen LogP contribution in [0.15, 0.2) is 58.5 Å². The Morgan fingerprint density at radius 3 is 1.22 bits per heavy atom. The van der Waals surface area contributed by atoms with Gasteiger partial charge in [0.2, 0.25) is 12.2 Å². The smallest absolute Gasteiger partial charge is 0.240 e. The molecule has 0 aliphatic heterocycles. The summed E-state index contributed by atoms with van der Waals surface area (Å²) in [6.07, 6.45) is 3.05. The Hall–Kier alpha value is -2.88. The lowest BCUT2D eigenvalue weighted by Crippen LogP contribution is -2.18. The predicted octanol–water partition coefficient (Wildman–Crippen LogP) is 4.78. The molecule has 2 aromatic carbocycles. The molecule has 2 N–H and O–H groups in total. The minimum Gasteiger partial charge on any atom is -0.371 e. The number of aliphatic hydroxyl groups is 2. The molecule has 0 aliphatic rings. The molecule has 0 bridgehead atoms. The van der Waals surface area contributed by atoms with Crippen molar-refractivity contribution in [3.63, 3.8) is 0 Å². The number of carbonyl (C=O) groups excluding carboxylic acids is 2. The van der Waals surface area contributed by atoms with Gasteiger partial charge in [0.25, 0.3) is 0 Å². The molecule has 27 heavy (non-hydrogen) atoms. The monoisotopic (exact) mass is 374 g/mol. The van der Waals surface area contributed by atoms with Gasteiger partial charge >= 0.3 is 0 Å². The van der Waals surface area contributed by atoms with E-state index in [0.29, 0.717) is 11.4 Å². The lowest BCUT2D eigenvalue weighted by Gasteiger charge is -2.26. The van der Waals surface area contributed by atoms with E-state index < -0.39 is 6.79 Å². The fraction of sp³-hybridized carbons (Fsp3) is 0.333. The molecule has 0 radical (unpaired) electrons. The van der Waals surface area contributed by atoms with Crippen molar-refractivity contribution in [2.24, 2.45) is 9.98 Å². The van der Waals surface area contributed by atoms with Crippen molar-refractivity contribution in [2.45, 2.75) is 41.5 Å². The maximum atomic E-state index is 10.2. The fourth-order valence-corrected chi connectivity index (χ4v) is 2.18. The van der Waals surface area contributed by atoms with Gasteiger partial charge in [0.1, 0.15) is 6.79 Å². The Kier molecular flexibility index (Phi) is 15.3. The Labute approximate surface area is 161 Å². The minimum atomic E-state index is -0.750. The van der Waals surface area contributed by atoms with E-state index >= 15 is 0 Å². The van der Waals surface area contributed by atoms with Gasteiger partial charge in [0, 0.05) is 5.41 Å². The summed E-state index contributed by atoms with van der Waals surface area (Å²) < 4.78 is 0. The van der Waals surface area contributed by atoms with Gasteiger partial charge in [-0.05, 0) is 35.4 Å². The summed E-state index contributed by atoms with van der Waals surface area (Å²) in [4.78, 5) is 27.6. The van der Waals surface area contributed by atoms with Crippen molar-refractivity contribution in [3.05, 3.63) is 59.7 Å². The summed E-state index contributed by atoms with van der Waals surface area (Å²) in [5, 5.41) is 14.2. The molecule has 0 aliphatic carbocycles. The van der Waals surface area contributed by atoms with Crippen LogP contribution < -0.4 is 0 Å². The number of isocyanates is 2. The largest absolute Gasteiger partial charge is 0.371 e. The van der Waals surface area contributed by atoms with Crippen molar-refractivity contribution in [1.29, 1.82) is 0 Å². The molecule has 0 saturated heterocycles. The summed E-state index contributed by atoms with van der Waals surface area (Å²) in [5.41, 5.74) is 3.14. The van der Waals surface area contributed by atoms with Gasteiger partial charge < -0.3 is 10.2 Å². The maximum absolute atomic E-state index is 10.2. The van der Waals surface area contributed by atoms with Crippen molar-refractivity contribution >= 4 is 23.5 Å². The molecule has 0 spiro atoms. The lowest BCUT2D eigenvalue weighted by molar-refractivity contribution is 0.0773. The van der Waals surface area contributed by atoms with Crippen LogP contribution >= 0.6 is 0 Å². The van der Waals surface area contributed by atoms with E-state index in [2.05, 4.69) is 23.8 Å². The van der Waals surface area contributed by atoms with Crippen molar-refractivity contribution in [2.75, 3.05) is 6.79 Å². The molecular formula is C21H30N2O4. The number of benzene rings is 2. The summed E-state index contributed by atoms with van der Waals surface area (Å²) in [6, 6.07) is 14.9. The van der Waals surface area contributed by atoms with E-state index in [9.17, 15) is 9.59 Å². The number of nitrogens with zero attached hydrogens (tertiary/aromatic N) is 2. The molecule has 0 amide bonds. The normalized spacial score (nSPS) is 8.74. The quantitative estimate of drug-likeness (QED) is 0.457. The average molecular weight is 374 g/mol. The first-order chi connectivity index (χ1) is 11.5. The van der Waals surface area contributed by atoms with E-state index in [1.54, 1.807) is 24.3 Å². The molecule has 0 fully saturated rings. The lowest BCUT2D eigenvalue weighted by atomic mass is 9.78. The van der Waals surface area contributed by atoms with Crippen LogP contribution in [0.4, 0.5) is 11.4 Å². The Bertz CT molecular complexity index is 677. The third-order valence-electron chi connectivity index (χ3n) is 3.53. The van der Waals surface area contributed by atoms with Crippen molar-refractivity contribution in [1.82, 2.24) is 0 Å². The van der Waals surface area contributed by atoms with E-state index in [0.717, 1.165) is 11.1 Å². The highest BCUT2D eigenvalue weighted by Crippen LogP contribution is 2.33. The van der Waals surface area contributed by atoms with Crippen LogP contribution in [0.25, 0.3) is 0 Å². The molecule has 0 atom stereocenters. The van der Waals surface area contributed by atoms with Gasteiger partial charge in [-0.1, -0.05) is 60.4 Å². The van der Waals surface area contributed by atoms with Gasteiger partial charge in [-0.3, -0.25) is 0 Å². The van der Waals surface area contributed by atoms with E-state index in [1.165, 1.54) is 12.2 Å².